The van der Waals surface area contributed by atoms with Crippen molar-refractivity contribution >= 4 is 39.5 Å². The highest BCUT2D eigenvalue weighted by molar-refractivity contribution is 7.47. The number of aliphatic hydroxyl groups excluding tert-OH is 1. The molecule has 5 atom stereocenters. The number of unbranched alkanes of at least 4 members (excludes halogenated alkanes) is 47. The average Bonchev–Trinajstić information content (AvgIpc) is 1.51. The zero-order chi connectivity index (χ0) is 69.1. The van der Waals surface area contributed by atoms with E-state index in [2.05, 4.69) is 34.6 Å². The van der Waals surface area contributed by atoms with Crippen LogP contribution in [0.3, 0.4) is 0 Å². The molecular weight excluding hydrogens is 1230 g/mol. The molecule has 0 heterocycles. The molecule has 558 valence electrons. The van der Waals surface area contributed by atoms with Gasteiger partial charge in [-0.05, 0) is 31.6 Å². The van der Waals surface area contributed by atoms with Gasteiger partial charge in [0.15, 0.2) is 12.2 Å². The molecule has 0 aliphatic carbocycles. The normalized spacial score (nSPS) is 14.0. The second-order valence-corrected chi connectivity index (χ2v) is 30.4. The van der Waals surface area contributed by atoms with Crippen LogP contribution in [0.15, 0.2) is 0 Å². The number of ether oxygens (including phenoxy) is 4. The number of carbonyl (C=O) groups excluding carboxylic acids is 4. The molecule has 0 rings (SSSR count). The zero-order valence-electron chi connectivity index (χ0n) is 61.1. The fourth-order valence-corrected chi connectivity index (χ4v) is 13.1. The molecule has 0 radical (unpaired) electrons. The molecule has 2 unspecified atom stereocenters. The Kier molecular flexibility index (Phi) is 66.8. The molecule has 0 aromatic carbocycles. The predicted molar refractivity (Wildman–Crippen MR) is 382 cm³/mol. The zero-order valence-corrected chi connectivity index (χ0v) is 62.9. The predicted octanol–water partition coefficient (Wildman–Crippen LogP) is 22.1. The van der Waals surface area contributed by atoms with Gasteiger partial charge in [-0.25, -0.2) is 9.13 Å². The number of aliphatic hydroxyl groups is 1. The van der Waals surface area contributed by atoms with Gasteiger partial charge in [-0.2, -0.15) is 0 Å². The highest BCUT2D eigenvalue weighted by Crippen LogP contribution is 2.45. The summed E-state index contributed by atoms with van der Waals surface area (Å²) in [6, 6.07) is 0. The molecule has 0 aromatic heterocycles. The van der Waals surface area contributed by atoms with Crippen LogP contribution in [0.5, 0.6) is 0 Å². The summed E-state index contributed by atoms with van der Waals surface area (Å²) in [5, 5.41) is 10.6. The van der Waals surface area contributed by atoms with Crippen molar-refractivity contribution in [2.24, 2.45) is 5.92 Å². The van der Waals surface area contributed by atoms with Gasteiger partial charge in [0.2, 0.25) is 0 Å². The molecule has 3 N–H and O–H groups in total. The molecule has 94 heavy (non-hydrogen) atoms. The fourth-order valence-electron chi connectivity index (χ4n) is 11.5. The molecule has 19 heteroatoms. The molecule has 0 saturated heterocycles. The van der Waals surface area contributed by atoms with Crippen molar-refractivity contribution in [2.45, 2.75) is 412 Å². The maximum absolute atomic E-state index is 13.1. The fraction of sp³-hybridized carbons (Fsp3) is 0.947. The first kappa shape index (κ1) is 92.1. The summed E-state index contributed by atoms with van der Waals surface area (Å²) in [6.45, 7) is 7.27. The van der Waals surface area contributed by atoms with E-state index in [1.54, 1.807) is 0 Å². The lowest BCUT2D eigenvalue weighted by Gasteiger charge is -2.21. The molecule has 0 aromatic rings. The van der Waals surface area contributed by atoms with E-state index in [-0.39, 0.29) is 25.7 Å². The van der Waals surface area contributed by atoms with Crippen molar-refractivity contribution in [2.75, 3.05) is 39.6 Å². The quantitative estimate of drug-likeness (QED) is 0.0222. The maximum Gasteiger partial charge on any atom is 0.472 e. The van der Waals surface area contributed by atoms with Crippen molar-refractivity contribution in [3.8, 4) is 0 Å². The number of phosphoric acid groups is 2. The molecule has 0 aliphatic heterocycles. The van der Waals surface area contributed by atoms with Gasteiger partial charge in [0.25, 0.3) is 0 Å². The minimum absolute atomic E-state index is 0.108. The minimum atomic E-state index is -4.96. The van der Waals surface area contributed by atoms with Crippen LogP contribution in [0.2, 0.25) is 0 Å². The van der Waals surface area contributed by atoms with E-state index in [0.717, 1.165) is 95.8 Å². The third-order valence-corrected chi connectivity index (χ3v) is 19.4. The van der Waals surface area contributed by atoms with E-state index >= 15 is 0 Å². The summed E-state index contributed by atoms with van der Waals surface area (Å²) in [5.74, 6) is -1.36. The molecule has 0 aliphatic rings. The monoisotopic (exact) mass is 1380 g/mol. The van der Waals surface area contributed by atoms with E-state index in [0.29, 0.717) is 25.7 Å². The second kappa shape index (κ2) is 68.2. The second-order valence-electron chi connectivity index (χ2n) is 27.5. The number of rotatable bonds is 75. The lowest BCUT2D eigenvalue weighted by Crippen LogP contribution is -2.30. The summed E-state index contributed by atoms with van der Waals surface area (Å²) in [5.41, 5.74) is 0. The van der Waals surface area contributed by atoms with Crippen molar-refractivity contribution in [3.63, 3.8) is 0 Å². The van der Waals surface area contributed by atoms with Gasteiger partial charge in [0, 0.05) is 25.7 Å². The van der Waals surface area contributed by atoms with Gasteiger partial charge < -0.3 is 33.8 Å². The van der Waals surface area contributed by atoms with Crippen LogP contribution >= 0.6 is 15.6 Å². The van der Waals surface area contributed by atoms with Gasteiger partial charge in [0.1, 0.15) is 19.3 Å². The maximum atomic E-state index is 13.1. The Morgan fingerprint density at radius 1 is 0.287 bits per heavy atom. The lowest BCUT2D eigenvalue weighted by atomic mass is 10.0. The van der Waals surface area contributed by atoms with Crippen LogP contribution in [0.25, 0.3) is 0 Å². The largest absolute Gasteiger partial charge is 0.472 e. The Labute approximate surface area is 575 Å². The highest BCUT2D eigenvalue weighted by Gasteiger charge is 2.30. The molecule has 0 amide bonds. The summed E-state index contributed by atoms with van der Waals surface area (Å²) < 4.78 is 68.5. The number of hydrogen-bond donors (Lipinski definition) is 3. The van der Waals surface area contributed by atoms with Crippen LogP contribution < -0.4 is 0 Å². The van der Waals surface area contributed by atoms with Gasteiger partial charge in [-0.15, -0.1) is 0 Å². The van der Waals surface area contributed by atoms with Crippen molar-refractivity contribution in [3.05, 3.63) is 0 Å². The summed E-state index contributed by atoms with van der Waals surface area (Å²) in [7, 11) is -9.91. The number of hydrogen-bond acceptors (Lipinski definition) is 15. The Balaban J connectivity index is 5.21. The van der Waals surface area contributed by atoms with Crippen LogP contribution in [-0.2, 0) is 65.4 Å². The summed E-state index contributed by atoms with van der Waals surface area (Å²) in [4.78, 5) is 72.7. The standard InChI is InChI=1S/C75H146O17P2/c1-6-9-12-15-18-21-23-25-26-27-28-29-30-32-34-41-46-51-56-61-75(80)92-71(65-86-73(78)59-54-49-44-39-36-35-38-42-47-52-57-68(4)5)67-90-94(83,84)88-63-69(76)62-87-93(81,82)89-66-70(64-85-72(77)58-53-48-43-37-20-17-14-11-8-3)91-74(79)60-55-50-45-40-33-31-24-22-19-16-13-10-7-2/h68-71,76H,6-67H2,1-5H3,(H,81,82)(H,83,84)/t69-,70+,71+/m0/s1. The van der Waals surface area contributed by atoms with Crippen molar-refractivity contribution in [1.82, 2.24) is 0 Å². The van der Waals surface area contributed by atoms with Crippen LogP contribution in [0.1, 0.15) is 394 Å². The van der Waals surface area contributed by atoms with Crippen LogP contribution in [-0.4, -0.2) is 96.7 Å². The van der Waals surface area contributed by atoms with E-state index < -0.39 is 97.5 Å². The number of esters is 4. The highest BCUT2D eigenvalue weighted by atomic mass is 31.2. The topological polar surface area (TPSA) is 237 Å². The Morgan fingerprint density at radius 2 is 0.489 bits per heavy atom. The van der Waals surface area contributed by atoms with Gasteiger partial charge in [0.05, 0.1) is 26.4 Å². The van der Waals surface area contributed by atoms with E-state index in [1.165, 1.54) is 218 Å². The Morgan fingerprint density at radius 3 is 0.723 bits per heavy atom. The average molecular weight is 1380 g/mol. The van der Waals surface area contributed by atoms with Crippen molar-refractivity contribution < 1.29 is 80.2 Å². The molecule has 0 fully saturated rings. The first-order valence-corrected chi connectivity index (χ1v) is 42.1. The smallest absolute Gasteiger partial charge is 0.462 e. The first-order valence-electron chi connectivity index (χ1n) is 39.1. The van der Waals surface area contributed by atoms with Crippen LogP contribution in [0, 0.1) is 5.92 Å². The third kappa shape index (κ3) is 68.6. The Bertz CT molecular complexity index is 1810. The summed E-state index contributed by atoms with van der Waals surface area (Å²) in [6.07, 6.45) is 56.8. The first-order chi connectivity index (χ1) is 45.5. The van der Waals surface area contributed by atoms with Crippen molar-refractivity contribution in [1.29, 1.82) is 0 Å². The van der Waals surface area contributed by atoms with Gasteiger partial charge in [-0.1, -0.05) is 343 Å². The molecule has 0 spiro atoms. The molecule has 0 saturated carbocycles. The molecule has 0 bridgehead atoms. The van der Waals surface area contributed by atoms with Gasteiger partial charge in [-0.3, -0.25) is 37.3 Å². The van der Waals surface area contributed by atoms with Crippen LogP contribution in [0.4, 0.5) is 0 Å². The third-order valence-electron chi connectivity index (χ3n) is 17.5. The minimum Gasteiger partial charge on any atom is -0.462 e. The SMILES string of the molecule is CCCCCCCCCCCCCCCCCCCCCC(=O)O[C@H](COC(=O)CCCCCCCCCCCCC(C)C)COP(=O)(O)OC[C@@H](O)COP(=O)(O)OC[C@@H](COC(=O)CCCCCCCCCCC)OC(=O)CCCCCCCCCCCCCCC. The number of carbonyl (C=O) groups is 4. The Hall–Kier alpha value is -1.94. The lowest BCUT2D eigenvalue weighted by molar-refractivity contribution is -0.161. The summed E-state index contributed by atoms with van der Waals surface area (Å²) >= 11 is 0. The number of phosphoric ester groups is 2. The molecule has 17 nitrogen and oxygen atoms in total. The van der Waals surface area contributed by atoms with E-state index in [9.17, 15) is 43.2 Å². The van der Waals surface area contributed by atoms with E-state index in [1.807, 2.05) is 0 Å². The van der Waals surface area contributed by atoms with Gasteiger partial charge >= 0.3 is 39.5 Å². The van der Waals surface area contributed by atoms with E-state index in [4.69, 9.17) is 37.0 Å². The molecular formula is C75H146O17P2.